The van der Waals surface area contributed by atoms with Crippen LogP contribution < -0.4 is 10.0 Å². The Hall–Kier alpha value is -2.77. The molecule has 0 aliphatic rings. The van der Waals surface area contributed by atoms with Crippen molar-refractivity contribution < 1.29 is 13.2 Å². The van der Waals surface area contributed by atoms with Crippen molar-refractivity contribution in [2.75, 3.05) is 16.3 Å². The predicted molar refractivity (Wildman–Crippen MR) is 110 cm³/mol. The van der Waals surface area contributed by atoms with E-state index in [1.54, 1.807) is 48.2 Å². The molecule has 0 saturated heterocycles. The van der Waals surface area contributed by atoms with E-state index in [0.717, 1.165) is 4.90 Å². The van der Waals surface area contributed by atoms with E-state index in [2.05, 4.69) is 10.0 Å². The molecular formula is C20H18N2O3S2. The summed E-state index contributed by atoms with van der Waals surface area (Å²) in [7, 11) is -3.71. The molecule has 0 aromatic heterocycles. The SMILES string of the molecule is CSc1cccc(NC(=O)c2ccc(S(=O)(=O)Nc3ccccc3)cc2)c1. The Kier molecular flexibility index (Phi) is 5.83. The Labute approximate surface area is 162 Å². The van der Waals surface area contributed by atoms with E-state index in [9.17, 15) is 13.2 Å². The molecule has 0 unspecified atom stereocenters. The van der Waals surface area contributed by atoms with Gasteiger partial charge in [-0.1, -0.05) is 24.3 Å². The molecule has 138 valence electrons. The highest BCUT2D eigenvalue weighted by Gasteiger charge is 2.15. The van der Waals surface area contributed by atoms with E-state index in [4.69, 9.17) is 0 Å². The lowest BCUT2D eigenvalue weighted by molar-refractivity contribution is 0.102. The van der Waals surface area contributed by atoms with Crippen LogP contribution >= 0.6 is 11.8 Å². The molecule has 0 heterocycles. The summed E-state index contributed by atoms with van der Waals surface area (Å²) in [5.41, 5.74) is 1.55. The van der Waals surface area contributed by atoms with Gasteiger partial charge in [0.15, 0.2) is 0 Å². The van der Waals surface area contributed by atoms with Gasteiger partial charge in [-0.25, -0.2) is 8.42 Å². The molecular weight excluding hydrogens is 380 g/mol. The van der Waals surface area contributed by atoms with Crippen molar-refractivity contribution in [1.29, 1.82) is 0 Å². The summed E-state index contributed by atoms with van der Waals surface area (Å²) in [5.74, 6) is -0.298. The number of nitrogens with one attached hydrogen (secondary N) is 2. The molecule has 3 rings (SSSR count). The van der Waals surface area contributed by atoms with Gasteiger partial charge in [0.2, 0.25) is 0 Å². The van der Waals surface area contributed by atoms with Gasteiger partial charge in [0.05, 0.1) is 4.90 Å². The standard InChI is InChI=1S/C20H18N2O3S2/c1-26-18-9-5-8-17(14-18)21-20(23)15-10-12-19(13-11-15)27(24,25)22-16-6-3-2-4-7-16/h2-14,22H,1H3,(H,21,23). The van der Waals surface area contributed by atoms with Crippen molar-refractivity contribution in [3.63, 3.8) is 0 Å². The number of para-hydroxylation sites is 1. The summed E-state index contributed by atoms with van der Waals surface area (Å²) in [6, 6.07) is 22.0. The number of rotatable bonds is 6. The number of carbonyl (C=O) groups excluding carboxylic acids is 1. The topological polar surface area (TPSA) is 75.3 Å². The fraction of sp³-hybridized carbons (Fsp3) is 0.0500. The number of thioether (sulfide) groups is 1. The zero-order valence-electron chi connectivity index (χ0n) is 14.5. The number of sulfonamides is 1. The zero-order valence-corrected chi connectivity index (χ0v) is 16.2. The highest BCUT2D eigenvalue weighted by molar-refractivity contribution is 7.98. The zero-order chi connectivity index (χ0) is 19.3. The first-order valence-corrected chi connectivity index (χ1v) is 10.8. The summed E-state index contributed by atoms with van der Waals surface area (Å²) in [6.45, 7) is 0. The van der Waals surface area contributed by atoms with Gasteiger partial charge in [-0.05, 0) is 60.9 Å². The molecule has 2 N–H and O–H groups in total. The number of carbonyl (C=O) groups is 1. The van der Waals surface area contributed by atoms with Crippen molar-refractivity contribution in [1.82, 2.24) is 0 Å². The quantitative estimate of drug-likeness (QED) is 0.601. The van der Waals surface area contributed by atoms with Crippen molar-refractivity contribution in [2.45, 2.75) is 9.79 Å². The molecule has 0 fully saturated rings. The second-order valence-electron chi connectivity index (χ2n) is 5.68. The largest absolute Gasteiger partial charge is 0.322 e. The summed E-state index contributed by atoms with van der Waals surface area (Å²) >= 11 is 1.59. The average molecular weight is 399 g/mol. The molecule has 0 bridgehead atoms. The van der Waals surface area contributed by atoms with E-state index >= 15 is 0 Å². The van der Waals surface area contributed by atoms with Crippen LogP contribution in [-0.4, -0.2) is 20.6 Å². The first-order chi connectivity index (χ1) is 13.0. The van der Waals surface area contributed by atoms with E-state index in [0.29, 0.717) is 16.9 Å². The Bertz CT molecular complexity index is 1030. The second-order valence-corrected chi connectivity index (χ2v) is 8.24. The molecule has 7 heteroatoms. The Morgan fingerprint density at radius 2 is 1.52 bits per heavy atom. The fourth-order valence-corrected chi connectivity index (χ4v) is 3.93. The Morgan fingerprint density at radius 3 is 2.19 bits per heavy atom. The molecule has 0 atom stereocenters. The molecule has 0 saturated carbocycles. The van der Waals surface area contributed by atoms with Crippen LogP contribution in [0, 0.1) is 0 Å². The highest BCUT2D eigenvalue weighted by atomic mass is 32.2. The van der Waals surface area contributed by atoms with E-state index in [-0.39, 0.29) is 10.8 Å². The summed E-state index contributed by atoms with van der Waals surface area (Å²) in [6.07, 6.45) is 1.96. The monoisotopic (exact) mass is 398 g/mol. The van der Waals surface area contributed by atoms with Crippen molar-refractivity contribution >= 4 is 39.1 Å². The van der Waals surface area contributed by atoms with Crippen LogP contribution in [-0.2, 0) is 10.0 Å². The first-order valence-electron chi connectivity index (χ1n) is 8.11. The van der Waals surface area contributed by atoms with Crippen LogP contribution in [0.15, 0.2) is 88.7 Å². The number of hydrogen-bond acceptors (Lipinski definition) is 4. The maximum atomic E-state index is 12.4. The van der Waals surface area contributed by atoms with E-state index in [1.165, 1.54) is 24.3 Å². The van der Waals surface area contributed by atoms with Gasteiger partial charge in [0.1, 0.15) is 0 Å². The molecule has 0 aliphatic carbocycles. The third-order valence-electron chi connectivity index (χ3n) is 3.78. The molecule has 0 aliphatic heterocycles. The van der Waals surface area contributed by atoms with Gasteiger partial charge in [0, 0.05) is 21.8 Å². The maximum absolute atomic E-state index is 12.4. The molecule has 1 amide bonds. The van der Waals surface area contributed by atoms with Gasteiger partial charge < -0.3 is 5.32 Å². The minimum absolute atomic E-state index is 0.0901. The van der Waals surface area contributed by atoms with Gasteiger partial charge >= 0.3 is 0 Å². The third kappa shape index (κ3) is 4.90. The summed E-state index contributed by atoms with van der Waals surface area (Å²) in [4.78, 5) is 13.5. The number of amides is 1. The molecule has 0 radical (unpaired) electrons. The van der Waals surface area contributed by atoms with Crippen LogP contribution in [0.2, 0.25) is 0 Å². The van der Waals surface area contributed by atoms with Crippen LogP contribution in [0.25, 0.3) is 0 Å². The summed E-state index contributed by atoms with van der Waals surface area (Å²) in [5, 5.41) is 2.81. The second kappa shape index (κ2) is 8.28. The van der Waals surface area contributed by atoms with Crippen LogP contribution in [0.3, 0.4) is 0 Å². The molecule has 3 aromatic rings. The first kappa shape index (κ1) is 19.0. The smallest absolute Gasteiger partial charge is 0.261 e. The highest BCUT2D eigenvalue weighted by Crippen LogP contribution is 2.20. The average Bonchev–Trinajstić information content (AvgIpc) is 2.68. The Balaban J connectivity index is 1.73. The lowest BCUT2D eigenvalue weighted by Crippen LogP contribution is -2.14. The van der Waals surface area contributed by atoms with E-state index < -0.39 is 10.0 Å². The van der Waals surface area contributed by atoms with Crippen molar-refractivity contribution in [2.24, 2.45) is 0 Å². The van der Waals surface area contributed by atoms with Crippen LogP contribution in [0.1, 0.15) is 10.4 Å². The van der Waals surface area contributed by atoms with Crippen molar-refractivity contribution in [3.8, 4) is 0 Å². The normalized spacial score (nSPS) is 11.0. The van der Waals surface area contributed by atoms with Crippen molar-refractivity contribution in [3.05, 3.63) is 84.4 Å². The van der Waals surface area contributed by atoms with Crippen LogP contribution in [0.5, 0.6) is 0 Å². The van der Waals surface area contributed by atoms with Gasteiger partial charge in [-0.15, -0.1) is 11.8 Å². The molecule has 5 nitrogen and oxygen atoms in total. The minimum atomic E-state index is -3.71. The summed E-state index contributed by atoms with van der Waals surface area (Å²) < 4.78 is 27.4. The van der Waals surface area contributed by atoms with Gasteiger partial charge in [-0.2, -0.15) is 0 Å². The van der Waals surface area contributed by atoms with Gasteiger partial charge in [0.25, 0.3) is 15.9 Å². The number of benzene rings is 3. The lowest BCUT2D eigenvalue weighted by atomic mass is 10.2. The van der Waals surface area contributed by atoms with E-state index in [1.807, 2.05) is 24.5 Å². The Morgan fingerprint density at radius 1 is 0.852 bits per heavy atom. The predicted octanol–water partition coefficient (Wildman–Crippen LogP) is 4.46. The molecule has 0 spiro atoms. The molecule has 3 aromatic carbocycles. The third-order valence-corrected chi connectivity index (χ3v) is 5.90. The lowest BCUT2D eigenvalue weighted by Gasteiger charge is -2.09. The minimum Gasteiger partial charge on any atom is -0.322 e. The van der Waals surface area contributed by atoms with Gasteiger partial charge in [-0.3, -0.25) is 9.52 Å². The molecule has 27 heavy (non-hydrogen) atoms. The fourth-order valence-electron chi connectivity index (χ4n) is 2.41. The maximum Gasteiger partial charge on any atom is 0.261 e. The number of anilines is 2. The number of hydrogen-bond donors (Lipinski definition) is 2. The van der Waals surface area contributed by atoms with Crippen LogP contribution in [0.4, 0.5) is 11.4 Å².